The summed E-state index contributed by atoms with van der Waals surface area (Å²) in [5.41, 5.74) is 0.379. The molecule has 7 nitrogen and oxygen atoms in total. The Morgan fingerprint density at radius 2 is 2.17 bits per heavy atom. The highest BCUT2D eigenvalue weighted by molar-refractivity contribution is 7.99. The molecular formula is C14H8ClN3O4S2. The maximum atomic E-state index is 12.0. The minimum absolute atomic E-state index is 0.0651. The largest absolute Gasteiger partial charge is 0.411 e. The second-order valence-corrected chi connectivity index (χ2v) is 7.14. The van der Waals surface area contributed by atoms with E-state index in [2.05, 4.69) is 10.2 Å². The second-order valence-electron chi connectivity index (χ2n) is 4.50. The summed E-state index contributed by atoms with van der Waals surface area (Å²) < 4.78 is 5.99. The highest BCUT2D eigenvalue weighted by atomic mass is 35.5. The number of thiophene rings is 1. The number of carbonyl (C=O) groups is 1. The summed E-state index contributed by atoms with van der Waals surface area (Å²) in [4.78, 5) is 22.8. The maximum Gasteiger partial charge on any atom is 0.277 e. The Balaban J connectivity index is 1.68. The van der Waals surface area contributed by atoms with E-state index in [0.717, 1.165) is 11.8 Å². The van der Waals surface area contributed by atoms with Crippen LogP contribution in [0.3, 0.4) is 0 Å². The molecule has 2 aromatic heterocycles. The van der Waals surface area contributed by atoms with E-state index in [-0.39, 0.29) is 28.3 Å². The van der Waals surface area contributed by atoms with Gasteiger partial charge < -0.3 is 4.42 Å². The number of nitrogens with zero attached hydrogens (tertiary/aromatic N) is 3. The van der Waals surface area contributed by atoms with E-state index >= 15 is 0 Å². The molecule has 3 aromatic rings. The molecule has 0 unspecified atom stereocenters. The number of nitro benzene ring substituents is 1. The topological polar surface area (TPSA) is 99.1 Å². The molecular weight excluding hydrogens is 374 g/mol. The lowest BCUT2D eigenvalue weighted by Gasteiger charge is -1.95. The van der Waals surface area contributed by atoms with Gasteiger partial charge in [0.1, 0.15) is 0 Å². The highest BCUT2D eigenvalue weighted by Gasteiger charge is 2.15. The van der Waals surface area contributed by atoms with E-state index in [4.69, 9.17) is 16.0 Å². The molecule has 0 amide bonds. The lowest BCUT2D eigenvalue weighted by Crippen LogP contribution is -1.98. The number of thioether (sulfide) groups is 1. The standard InChI is InChI=1S/C14H8ClN3O4S2/c15-12-5-4-11(24-12)10(19)7-23-14-17-16-13(22-14)8-2-1-3-9(6-8)18(20)21/h1-6H,7H2. The first-order chi connectivity index (χ1) is 11.5. The Labute approximate surface area is 148 Å². The predicted molar refractivity (Wildman–Crippen MR) is 90.8 cm³/mol. The number of carbonyl (C=O) groups excluding carboxylic acids is 1. The van der Waals surface area contributed by atoms with Gasteiger partial charge in [0.15, 0.2) is 5.78 Å². The van der Waals surface area contributed by atoms with Crippen molar-refractivity contribution in [3.8, 4) is 11.5 Å². The molecule has 0 saturated heterocycles. The van der Waals surface area contributed by atoms with Crippen LogP contribution < -0.4 is 0 Å². The summed E-state index contributed by atoms with van der Waals surface area (Å²) in [6.45, 7) is 0. The van der Waals surface area contributed by atoms with Gasteiger partial charge >= 0.3 is 0 Å². The lowest BCUT2D eigenvalue weighted by molar-refractivity contribution is -0.384. The smallest absolute Gasteiger partial charge is 0.277 e. The third-order valence-electron chi connectivity index (χ3n) is 2.89. The number of Topliss-reactive ketones (excluding diaryl/α,β-unsaturated/α-hetero) is 1. The van der Waals surface area contributed by atoms with Gasteiger partial charge in [0, 0.05) is 17.7 Å². The van der Waals surface area contributed by atoms with E-state index in [1.807, 2.05) is 0 Å². The van der Waals surface area contributed by atoms with E-state index in [9.17, 15) is 14.9 Å². The summed E-state index contributed by atoms with van der Waals surface area (Å²) in [5, 5.41) is 18.7. The molecule has 2 heterocycles. The molecule has 3 rings (SSSR count). The van der Waals surface area contributed by atoms with Gasteiger partial charge in [-0.15, -0.1) is 21.5 Å². The van der Waals surface area contributed by atoms with Gasteiger partial charge in [0.2, 0.25) is 5.89 Å². The molecule has 0 bridgehead atoms. The molecule has 24 heavy (non-hydrogen) atoms. The summed E-state index contributed by atoms with van der Waals surface area (Å²) in [7, 11) is 0. The molecule has 10 heteroatoms. The molecule has 0 N–H and O–H groups in total. The van der Waals surface area contributed by atoms with Gasteiger partial charge in [0.25, 0.3) is 10.9 Å². The van der Waals surface area contributed by atoms with Crippen molar-refractivity contribution in [1.82, 2.24) is 10.2 Å². The fraction of sp³-hybridized carbons (Fsp3) is 0.0714. The molecule has 0 fully saturated rings. The van der Waals surface area contributed by atoms with Crippen LogP contribution in [0, 0.1) is 10.1 Å². The average Bonchev–Trinajstić information content (AvgIpc) is 3.22. The minimum Gasteiger partial charge on any atom is -0.411 e. The zero-order valence-corrected chi connectivity index (χ0v) is 14.2. The molecule has 1 aromatic carbocycles. The predicted octanol–water partition coefficient (Wildman–Crippen LogP) is 4.33. The number of halogens is 1. The lowest BCUT2D eigenvalue weighted by atomic mass is 10.2. The molecule has 0 aliphatic rings. The van der Waals surface area contributed by atoms with E-state index in [1.165, 1.54) is 29.5 Å². The molecule has 0 atom stereocenters. The first-order valence-electron chi connectivity index (χ1n) is 6.52. The van der Waals surface area contributed by atoms with Gasteiger partial charge in [-0.3, -0.25) is 14.9 Å². The van der Waals surface area contributed by atoms with Gasteiger partial charge in [-0.2, -0.15) is 0 Å². The SMILES string of the molecule is O=C(CSc1nnc(-c2cccc([N+](=O)[O-])c2)o1)c1ccc(Cl)s1. The summed E-state index contributed by atoms with van der Waals surface area (Å²) in [5.74, 6) is 0.202. The Morgan fingerprint density at radius 3 is 2.88 bits per heavy atom. The van der Waals surface area contributed by atoms with Crippen LogP contribution in [0.1, 0.15) is 9.67 Å². The van der Waals surface area contributed by atoms with E-state index in [1.54, 1.807) is 18.2 Å². The number of aromatic nitrogens is 2. The quantitative estimate of drug-likeness (QED) is 0.271. The minimum atomic E-state index is -0.500. The van der Waals surface area contributed by atoms with Gasteiger partial charge in [-0.25, -0.2) is 0 Å². The van der Waals surface area contributed by atoms with Gasteiger partial charge in [-0.1, -0.05) is 29.4 Å². The van der Waals surface area contributed by atoms with Crippen molar-refractivity contribution in [1.29, 1.82) is 0 Å². The van der Waals surface area contributed by atoms with Crippen molar-refractivity contribution in [3.63, 3.8) is 0 Å². The first-order valence-corrected chi connectivity index (χ1v) is 8.70. The zero-order valence-electron chi connectivity index (χ0n) is 11.8. The van der Waals surface area contributed by atoms with Crippen LogP contribution in [0.25, 0.3) is 11.5 Å². The van der Waals surface area contributed by atoms with Crippen molar-refractivity contribution in [2.75, 3.05) is 5.75 Å². The normalized spacial score (nSPS) is 10.7. The van der Waals surface area contributed by atoms with Crippen LogP contribution >= 0.6 is 34.7 Å². The van der Waals surface area contributed by atoms with Crippen molar-refractivity contribution in [2.45, 2.75) is 5.22 Å². The number of nitro groups is 1. The Bertz CT molecular complexity index is 909. The summed E-state index contributed by atoms with van der Waals surface area (Å²) in [6.07, 6.45) is 0. The Morgan fingerprint density at radius 1 is 1.33 bits per heavy atom. The fourth-order valence-electron chi connectivity index (χ4n) is 1.80. The molecule has 0 saturated carbocycles. The van der Waals surface area contributed by atoms with Gasteiger partial charge in [0.05, 0.1) is 19.9 Å². The van der Waals surface area contributed by atoms with Gasteiger partial charge in [-0.05, 0) is 18.2 Å². The molecule has 0 aliphatic heterocycles. The third-order valence-corrected chi connectivity index (χ3v) is 4.98. The van der Waals surface area contributed by atoms with E-state index in [0.29, 0.717) is 14.8 Å². The van der Waals surface area contributed by atoms with Crippen molar-refractivity contribution in [2.24, 2.45) is 0 Å². The maximum absolute atomic E-state index is 12.0. The molecule has 122 valence electrons. The molecule has 0 aliphatic carbocycles. The highest BCUT2D eigenvalue weighted by Crippen LogP contribution is 2.27. The van der Waals surface area contributed by atoms with E-state index < -0.39 is 4.92 Å². The number of benzene rings is 1. The van der Waals surface area contributed by atoms with Crippen molar-refractivity contribution < 1.29 is 14.1 Å². The van der Waals surface area contributed by atoms with Crippen LogP contribution in [0.15, 0.2) is 46.0 Å². The summed E-state index contributed by atoms with van der Waals surface area (Å²) in [6, 6.07) is 9.22. The molecule has 0 spiro atoms. The third kappa shape index (κ3) is 3.81. The average molecular weight is 382 g/mol. The fourth-order valence-corrected chi connectivity index (χ4v) is 3.52. The van der Waals surface area contributed by atoms with Crippen LogP contribution in [-0.4, -0.2) is 26.7 Å². The number of non-ortho nitro benzene ring substituents is 1. The van der Waals surface area contributed by atoms with Crippen molar-refractivity contribution >= 4 is 46.2 Å². The molecule has 0 radical (unpaired) electrons. The van der Waals surface area contributed by atoms with Crippen LogP contribution in [-0.2, 0) is 0 Å². The Kier molecular flexibility index (Phi) is 4.93. The Hall–Kier alpha value is -2.23. The second kappa shape index (κ2) is 7.12. The van der Waals surface area contributed by atoms with Crippen LogP contribution in [0.5, 0.6) is 0 Å². The van der Waals surface area contributed by atoms with Crippen molar-refractivity contribution in [3.05, 3.63) is 55.7 Å². The first kappa shape index (κ1) is 16.6. The van der Waals surface area contributed by atoms with Crippen LogP contribution in [0.2, 0.25) is 4.34 Å². The zero-order chi connectivity index (χ0) is 17.1. The number of rotatable bonds is 6. The number of hydrogen-bond donors (Lipinski definition) is 0. The van der Waals surface area contributed by atoms with Crippen LogP contribution in [0.4, 0.5) is 5.69 Å². The number of ketones is 1. The monoisotopic (exact) mass is 381 g/mol. The summed E-state index contributed by atoms with van der Waals surface area (Å²) >= 11 is 8.11. The number of hydrogen-bond acceptors (Lipinski definition) is 8.